The number of hydrogen-bond acceptors (Lipinski definition) is 6. The van der Waals surface area contributed by atoms with Gasteiger partial charge in [0, 0.05) is 25.2 Å². The van der Waals surface area contributed by atoms with Crippen molar-refractivity contribution in [2.75, 3.05) is 37.4 Å². The highest BCUT2D eigenvalue weighted by Gasteiger charge is 2.25. The smallest absolute Gasteiger partial charge is 0.243 e. The third kappa shape index (κ3) is 6.02. The number of aryl methyl sites for hydroxylation is 1. The summed E-state index contributed by atoms with van der Waals surface area (Å²) in [7, 11) is -2.57. The van der Waals surface area contributed by atoms with Gasteiger partial charge in [-0.2, -0.15) is 4.31 Å². The lowest BCUT2D eigenvalue weighted by molar-refractivity contribution is -0.117. The topological polar surface area (TPSA) is 114 Å². The van der Waals surface area contributed by atoms with Gasteiger partial charge in [0.15, 0.2) is 0 Å². The molecular formula is C23H29N3O6S. The highest BCUT2D eigenvalue weighted by molar-refractivity contribution is 7.89. The molecule has 2 aromatic carbocycles. The number of benzene rings is 2. The summed E-state index contributed by atoms with van der Waals surface area (Å²) >= 11 is 0. The molecule has 10 heteroatoms. The van der Waals surface area contributed by atoms with Crippen LogP contribution in [-0.4, -0.2) is 51.3 Å². The van der Waals surface area contributed by atoms with Crippen LogP contribution in [0, 0.1) is 0 Å². The highest BCUT2D eigenvalue weighted by atomic mass is 32.2. The number of carbonyl (C=O) groups is 2. The first kappa shape index (κ1) is 24.5. The third-order valence-corrected chi connectivity index (χ3v) is 6.91. The Kier molecular flexibility index (Phi) is 7.93. The van der Waals surface area contributed by atoms with Crippen molar-refractivity contribution in [3.63, 3.8) is 0 Å². The normalized spacial score (nSPS) is 13.6. The second kappa shape index (κ2) is 10.7. The molecule has 3 rings (SSSR count). The van der Waals surface area contributed by atoms with Crippen molar-refractivity contribution in [1.82, 2.24) is 4.31 Å². The SMILES string of the molecule is CCOc1ccc(OCC)c(NC(=O)CN(C)S(=O)(=O)c2ccc3c(c2)CCCC(=O)N3)c1. The van der Waals surface area contributed by atoms with Crippen molar-refractivity contribution >= 4 is 33.2 Å². The Morgan fingerprint density at radius 2 is 1.85 bits per heavy atom. The number of likely N-dealkylation sites (N-methyl/N-ethyl adjacent to an activating group) is 1. The summed E-state index contributed by atoms with van der Waals surface area (Å²) in [5.41, 5.74) is 1.78. The van der Waals surface area contributed by atoms with Crippen molar-refractivity contribution in [2.24, 2.45) is 0 Å². The van der Waals surface area contributed by atoms with Gasteiger partial charge in [-0.15, -0.1) is 0 Å². The Bertz CT molecular complexity index is 1130. The average molecular weight is 476 g/mol. The highest BCUT2D eigenvalue weighted by Crippen LogP contribution is 2.30. The number of sulfonamides is 1. The predicted molar refractivity (Wildman–Crippen MR) is 125 cm³/mol. The molecule has 0 unspecified atom stereocenters. The summed E-state index contributed by atoms with van der Waals surface area (Å²) in [5, 5.41) is 5.50. The van der Waals surface area contributed by atoms with Crippen LogP contribution in [0.15, 0.2) is 41.3 Å². The fraction of sp³-hybridized carbons (Fsp3) is 0.391. The van der Waals surface area contributed by atoms with Gasteiger partial charge in [0.05, 0.1) is 30.3 Å². The maximum absolute atomic E-state index is 13.1. The number of carbonyl (C=O) groups excluding carboxylic acids is 2. The van der Waals surface area contributed by atoms with E-state index in [1.807, 2.05) is 13.8 Å². The summed E-state index contributed by atoms with van der Waals surface area (Å²) < 4.78 is 38.2. The molecule has 0 aliphatic carbocycles. The van der Waals surface area contributed by atoms with Gasteiger partial charge in [0.25, 0.3) is 0 Å². The number of ether oxygens (including phenoxy) is 2. The lowest BCUT2D eigenvalue weighted by atomic mass is 10.1. The van der Waals surface area contributed by atoms with Crippen molar-refractivity contribution < 1.29 is 27.5 Å². The molecule has 2 amide bonds. The van der Waals surface area contributed by atoms with Gasteiger partial charge < -0.3 is 20.1 Å². The molecule has 0 fully saturated rings. The van der Waals surface area contributed by atoms with Gasteiger partial charge in [-0.3, -0.25) is 9.59 Å². The van der Waals surface area contributed by atoms with Crippen LogP contribution in [0.1, 0.15) is 32.3 Å². The van der Waals surface area contributed by atoms with E-state index < -0.39 is 15.9 Å². The predicted octanol–water partition coefficient (Wildman–Crippen LogP) is 3.02. The molecule has 1 aliphatic rings. The summed E-state index contributed by atoms with van der Waals surface area (Å²) in [6.07, 6.45) is 1.63. The van der Waals surface area contributed by atoms with Crippen LogP contribution in [0.25, 0.3) is 0 Å². The second-order valence-corrected chi connectivity index (χ2v) is 9.60. The van der Waals surface area contributed by atoms with E-state index in [2.05, 4.69) is 10.6 Å². The van der Waals surface area contributed by atoms with Crippen molar-refractivity contribution in [1.29, 1.82) is 0 Å². The fourth-order valence-corrected chi connectivity index (χ4v) is 4.69. The molecule has 0 bridgehead atoms. The van der Waals surface area contributed by atoms with Crippen LogP contribution in [0.5, 0.6) is 11.5 Å². The number of anilines is 2. The molecular weight excluding hydrogens is 446 g/mol. The second-order valence-electron chi connectivity index (χ2n) is 7.55. The Morgan fingerprint density at radius 1 is 1.09 bits per heavy atom. The molecule has 0 radical (unpaired) electrons. The largest absolute Gasteiger partial charge is 0.494 e. The first-order valence-electron chi connectivity index (χ1n) is 10.8. The Morgan fingerprint density at radius 3 is 2.58 bits per heavy atom. The van der Waals surface area contributed by atoms with Crippen LogP contribution in [0.2, 0.25) is 0 Å². The molecule has 1 heterocycles. The first-order chi connectivity index (χ1) is 15.7. The zero-order valence-electron chi connectivity index (χ0n) is 19.0. The number of nitrogens with one attached hydrogen (secondary N) is 2. The van der Waals surface area contributed by atoms with E-state index in [9.17, 15) is 18.0 Å². The van der Waals surface area contributed by atoms with Crippen LogP contribution in [0.4, 0.5) is 11.4 Å². The molecule has 2 N–H and O–H groups in total. The third-order valence-electron chi connectivity index (χ3n) is 5.11. The molecule has 9 nitrogen and oxygen atoms in total. The van der Waals surface area contributed by atoms with E-state index in [0.717, 1.165) is 9.87 Å². The molecule has 0 spiro atoms. The number of hydrogen-bond donors (Lipinski definition) is 2. The average Bonchev–Trinajstić information content (AvgIpc) is 2.95. The molecule has 178 valence electrons. The van der Waals surface area contributed by atoms with Crippen LogP contribution in [-0.2, 0) is 26.0 Å². The molecule has 1 aliphatic heterocycles. The van der Waals surface area contributed by atoms with E-state index in [-0.39, 0.29) is 17.3 Å². The van der Waals surface area contributed by atoms with E-state index >= 15 is 0 Å². The maximum atomic E-state index is 13.1. The van der Waals surface area contributed by atoms with Crippen LogP contribution in [0.3, 0.4) is 0 Å². The monoisotopic (exact) mass is 475 g/mol. The van der Waals surface area contributed by atoms with E-state index in [1.165, 1.54) is 13.1 Å². The molecule has 33 heavy (non-hydrogen) atoms. The van der Waals surface area contributed by atoms with Gasteiger partial charge in [-0.25, -0.2) is 8.42 Å². The first-order valence-corrected chi connectivity index (χ1v) is 12.3. The number of fused-ring (bicyclic) bond motifs is 1. The fourth-order valence-electron chi connectivity index (χ4n) is 3.51. The summed E-state index contributed by atoms with van der Waals surface area (Å²) in [4.78, 5) is 24.5. The van der Waals surface area contributed by atoms with E-state index in [4.69, 9.17) is 9.47 Å². The Hall–Kier alpha value is -3.11. The molecule has 0 aromatic heterocycles. The number of amides is 2. The zero-order chi connectivity index (χ0) is 24.0. The van der Waals surface area contributed by atoms with Crippen molar-refractivity contribution in [2.45, 2.75) is 38.0 Å². The minimum atomic E-state index is -3.92. The van der Waals surface area contributed by atoms with E-state index in [1.54, 1.807) is 30.3 Å². The van der Waals surface area contributed by atoms with Crippen molar-refractivity contribution in [3.8, 4) is 11.5 Å². The van der Waals surface area contributed by atoms with E-state index in [0.29, 0.717) is 55.4 Å². The zero-order valence-corrected chi connectivity index (χ0v) is 19.8. The van der Waals surface area contributed by atoms with Crippen molar-refractivity contribution in [3.05, 3.63) is 42.0 Å². The van der Waals surface area contributed by atoms with Gasteiger partial charge in [0.2, 0.25) is 21.8 Å². The standard InChI is InChI=1S/C23H29N3O6S/c1-4-31-17-9-12-21(32-5-2)20(14-17)25-23(28)15-26(3)33(29,30)18-10-11-19-16(13-18)7-6-8-22(27)24-19/h9-14H,4-8,15H2,1-3H3,(H,24,27)(H,25,28). The minimum absolute atomic E-state index is 0.0704. The minimum Gasteiger partial charge on any atom is -0.494 e. The summed E-state index contributed by atoms with van der Waals surface area (Å²) in [6, 6.07) is 9.66. The Labute approximate surface area is 194 Å². The van der Waals surface area contributed by atoms with Gasteiger partial charge in [-0.05, 0) is 62.6 Å². The van der Waals surface area contributed by atoms with Gasteiger partial charge in [0.1, 0.15) is 11.5 Å². The van der Waals surface area contributed by atoms with Gasteiger partial charge >= 0.3 is 0 Å². The maximum Gasteiger partial charge on any atom is 0.243 e. The Balaban J connectivity index is 1.75. The van der Waals surface area contributed by atoms with Crippen LogP contribution >= 0.6 is 0 Å². The summed E-state index contributed by atoms with van der Waals surface area (Å²) in [5.74, 6) is 0.428. The van der Waals surface area contributed by atoms with Crippen LogP contribution < -0.4 is 20.1 Å². The number of nitrogens with zero attached hydrogens (tertiary/aromatic N) is 1. The summed E-state index contributed by atoms with van der Waals surface area (Å²) in [6.45, 7) is 4.16. The number of rotatable bonds is 9. The van der Waals surface area contributed by atoms with Gasteiger partial charge in [-0.1, -0.05) is 0 Å². The lowest BCUT2D eigenvalue weighted by Crippen LogP contribution is -2.35. The lowest BCUT2D eigenvalue weighted by Gasteiger charge is -2.19. The molecule has 0 saturated carbocycles. The molecule has 0 saturated heterocycles. The molecule has 2 aromatic rings. The quantitative estimate of drug-likeness (QED) is 0.576. The molecule has 0 atom stereocenters.